The lowest BCUT2D eigenvalue weighted by Crippen LogP contribution is -2.49. The van der Waals surface area contributed by atoms with Gasteiger partial charge in [-0.1, -0.05) is 42.8 Å². The number of amides is 1. The van der Waals surface area contributed by atoms with E-state index in [0.29, 0.717) is 19.6 Å². The normalized spacial score (nSPS) is 18.0. The number of carbonyl (C=O) groups excluding carboxylic acids is 1. The molecule has 0 saturated heterocycles. The molecule has 42 heavy (non-hydrogen) atoms. The minimum absolute atomic E-state index is 0.0805. The summed E-state index contributed by atoms with van der Waals surface area (Å²) >= 11 is 0. The Morgan fingerprint density at radius 2 is 1.79 bits per heavy atom. The second kappa shape index (κ2) is 12.9. The molecule has 3 N–H and O–H groups in total. The highest BCUT2D eigenvalue weighted by molar-refractivity contribution is 7.92. The Balaban J connectivity index is 1.67. The number of hydrogen-bond donors (Lipinski definition) is 3. The summed E-state index contributed by atoms with van der Waals surface area (Å²) in [5.41, 5.74) is 2.38. The predicted octanol–water partition coefficient (Wildman–Crippen LogP) is 3.85. The van der Waals surface area contributed by atoms with Gasteiger partial charge in [0.25, 0.3) is 15.9 Å². The van der Waals surface area contributed by atoms with Crippen molar-refractivity contribution in [2.45, 2.75) is 44.4 Å². The molecule has 11 heteroatoms. The van der Waals surface area contributed by atoms with E-state index in [0.717, 1.165) is 11.1 Å². The Hall–Kier alpha value is -3.93. The van der Waals surface area contributed by atoms with Crippen LogP contribution in [-0.2, 0) is 16.6 Å². The van der Waals surface area contributed by atoms with Gasteiger partial charge in [0.15, 0.2) is 5.75 Å². The molecule has 0 aliphatic carbocycles. The highest BCUT2D eigenvalue weighted by Crippen LogP contribution is 2.36. The fraction of sp³-hybridized carbons (Fsp3) is 0.355. The first-order valence-electron chi connectivity index (χ1n) is 13.7. The molecule has 0 unspecified atom stereocenters. The van der Waals surface area contributed by atoms with Gasteiger partial charge in [-0.3, -0.25) is 14.4 Å². The van der Waals surface area contributed by atoms with Crippen LogP contribution in [-0.4, -0.2) is 79.2 Å². The highest BCUT2D eigenvalue weighted by Gasteiger charge is 2.35. The van der Waals surface area contributed by atoms with E-state index in [9.17, 15) is 28.2 Å². The Kier molecular flexibility index (Phi) is 9.55. The molecule has 0 saturated carbocycles. The zero-order chi connectivity index (χ0) is 30.6. The number of carbonyl (C=O) groups is 2. The van der Waals surface area contributed by atoms with Crippen molar-refractivity contribution in [3.8, 4) is 5.75 Å². The van der Waals surface area contributed by atoms with Gasteiger partial charge in [0, 0.05) is 25.6 Å². The van der Waals surface area contributed by atoms with Gasteiger partial charge in [-0.05, 0) is 62.9 Å². The number of aromatic carboxylic acids is 1. The van der Waals surface area contributed by atoms with E-state index in [-0.39, 0.29) is 45.9 Å². The van der Waals surface area contributed by atoms with E-state index in [1.54, 1.807) is 66.4 Å². The number of benzene rings is 3. The van der Waals surface area contributed by atoms with Crippen molar-refractivity contribution in [1.29, 1.82) is 0 Å². The minimum atomic E-state index is -3.99. The van der Waals surface area contributed by atoms with Crippen molar-refractivity contribution >= 4 is 27.6 Å². The summed E-state index contributed by atoms with van der Waals surface area (Å²) in [6.07, 6.45) is -0.460. The molecule has 1 heterocycles. The number of aryl methyl sites for hydroxylation is 1. The molecular formula is C31H37N3O7S. The highest BCUT2D eigenvalue weighted by atomic mass is 32.2. The lowest BCUT2D eigenvalue weighted by molar-refractivity contribution is 0.0343. The van der Waals surface area contributed by atoms with Crippen LogP contribution < -0.4 is 9.46 Å². The fourth-order valence-corrected chi connectivity index (χ4v) is 5.96. The molecule has 3 aromatic rings. The third-order valence-corrected chi connectivity index (χ3v) is 8.79. The second-order valence-corrected chi connectivity index (χ2v) is 12.6. The SMILES string of the molecule is Cc1ccc(S(=O)(=O)Nc2cccc3c2O[C@@H](CN(C)Cc2ccc(C(=O)O)cc2)[C@@H](C)CN([C@@H](C)CO)C3=O)cc1. The molecule has 1 aliphatic rings. The van der Waals surface area contributed by atoms with Gasteiger partial charge in [0.1, 0.15) is 6.10 Å². The maximum absolute atomic E-state index is 13.7. The van der Waals surface area contributed by atoms with Crippen LogP contribution in [0.3, 0.4) is 0 Å². The summed E-state index contributed by atoms with van der Waals surface area (Å²) in [6, 6.07) is 17.4. The standard InChI is InChI=1S/C31H37N3O7S/c1-20-8-14-25(15-9-20)42(39,40)32-27-7-5-6-26-29(27)41-28(21(2)16-34(30(26)36)22(3)19-35)18-33(4)17-23-10-12-24(13-11-23)31(37)38/h5-15,21-22,28,32,35H,16-19H2,1-4H3,(H,37,38)/t21-,22-,28-/m0/s1. The number of carboxylic acid groups (broad SMARTS) is 1. The number of anilines is 1. The summed E-state index contributed by atoms with van der Waals surface area (Å²) in [7, 11) is -2.08. The third-order valence-electron chi connectivity index (χ3n) is 7.41. The van der Waals surface area contributed by atoms with Crippen molar-refractivity contribution in [2.75, 3.05) is 31.5 Å². The number of likely N-dealkylation sites (N-methyl/N-ethyl adjacent to an activating group) is 1. The first-order valence-corrected chi connectivity index (χ1v) is 15.2. The molecule has 3 atom stereocenters. The van der Waals surface area contributed by atoms with E-state index < -0.39 is 28.1 Å². The van der Waals surface area contributed by atoms with Crippen LogP contribution in [0, 0.1) is 12.8 Å². The second-order valence-electron chi connectivity index (χ2n) is 10.9. The molecule has 224 valence electrons. The Labute approximate surface area is 246 Å². The van der Waals surface area contributed by atoms with Crippen LogP contribution >= 0.6 is 0 Å². The lowest BCUT2D eigenvalue weighted by atomic mass is 9.99. The van der Waals surface area contributed by atoms with E-state index >= 15 is 0 Å². The summed E-state index contributed by atoms with van der Waals surface area (Å²) in [4.78, 5) is 28.6. The summed E-state index contributed by atoms with van der Waals surface area (Å²) < 4.78 is 35.7. The number of carboxylic acids is 1. The number of ether oxygens (including phenoxy) is 1. The number of fused-ring (bicyclic) bond motifs is 1. The molecule has 3 aromatic carbocycles. The third kappa shape index (κ3) is 7.10. The van der Waals surface area contributed by atoms with Gasteiger partial charge in [-0.25, -0.2) is 13.2 Å². The number of sulfonamides is 1. The smallest absolute Gasteiger partial charge is 0.335 e. The molecule has 0 radical (unpaired) electrons. The van der Waals surface area contributed by atoms with Crippen LogP contribution in [0.4, 0.5) is 5.69 Å². The maximum Gasteiger partial charge on any atom is 0.335 e. The largest absolute Gasteiger partial charge is 0.486 e. The number of nitrogens with zero attached hydrogens (tertiary/aromatic N) is 2. The Morgan fingerprint density at radius 3 is 2.40 bits per heavy atom. The molecule has 0 bridgehead atoms. The zero-order valence-electron chi connectivity index (χ0n) is 24.1. The van der Waals surface area contributed by atoms with Gasteiger partial charge in [0.05, 0.1) is 34.4 Å². The van der Waals surface area contributed by atoms with Crippen LogP contribution in [0.5, 0.6) is 5.75 Å². The van der Waals surface area contributed by atoms with Gasteiger partial charge in [-0.2, -0.15) is 0 Å². The van der Waals surface area contributed by atoms with E-state index in [2.05, 4.69) is 4.72 Å². The number of nitrogens with one attached hydrogen (secondary N) is 1. The number of aliphatic hydroxyl groups is 1. The van der Waals surface area contributed by atoms with Gasteiger partial charge in [-0.15, -0.1) is 0 Å². The van der Waals surface area contributed by atoms with Gasteiger partial charge >= 0.3 is 5.97 Å². The minimum Gasteiger partial charge on any atom is -0.486 e. The summed E-state index contributed by atoms with van der Waals surface area (Å²) in [6.45, 7) is 6.61. The molecule has 1 amide bonds. The lowest BCUT2D eigenvalue weighted by Gasteiger charge is -2.38. The van der Waals surface area contributed by atoms with Gasteiger partial charge < -0.3 is 19.8 Å². The molecule has 10 nitrogen and oxygen atoms in total. The number of para-hydroxylation sites is 1. The van der Waals surface area contributed by atoms with Crippen LogP contribution in [0.2, 0.25) is 0 Å². The van der Waals surface area contributed by atoms with Crippen molar-refractivity contribution in [3.05, 3.63) is 89.0 Å². The maximum atomic E-state index is 13.7. The topological polar surface area (TPSA) is 136 Å². The van der Waals surface area contributed by atoms with Crippen LogP contribution in [0.25, 0.3) is 0 Å². The average Bonchev–Trinajstić information content (AvgIpc) is 2.95. The zero-order valence-corrected chi connectivity index (χ0v) is 25.0. The fourth-order valence-electron chi connectivity index (χ4n) is 4.90. The van der Waals surface area contributed by atoms with Crippen LogP contribution in [0.15, 0.2) is 71.6 Å². The molecule has 1 aliphatic heterocycles. The monoisotopic (exact) mass is 595 g/mol. The number of rotatable bonds is 10. The number of hydrogen-bond acceptors (Lipinski definition) is 7. The van der Waals surface area contributed by atoms with E-state index in [1.165, 1.54) is 12.1 Å². The molecule has 0 aromatic heterocycles. The molecular weight excluding hydrogens is 558 g/mol. The van der Waals surface area contributed by atoms with Crippen molar-refractivity contribution in [1.82, 2.24) is 9.80 Å². The summed E-state index contributed by atoms with van der Waals surface area (Å²) in [5, 5.41) is 19.1. The summed E-state index contributed by atoms with van der Waals surface area (Å²) in [5.74, 6) is -1.41. The van der Waals surface area contributed by atoms with Crippen molar-refractivity contribution < 1.29 is 33.0 Å². The molecule has 0 spiro atoms. The Bertz CT molecular complexity index is 1530. The van der Waals surface area contributed by atoms with Crippen molar-refractivity contribution in [3.63, 3.8) is 0 Å². The van der Waals surface area contributed by atoms with Crippen LogP contribution in [0.1, 0.15) is 45.7 Å². The Morgan fingerprint density at radius 1 is 1.12 bits per heavy atom. The van der Waals surface area contributed by atoms with E-state index in [1.807, 2.05) is 25.8 Å². The number of aliphatic hydroxyl groups excluding tert-OH is 1. The van der Waals surface area contributed by atoms with Crippen molar-refractivity contribution in [2.24, 2.45) is 5.92 Å². The first kappa shape index (κ1) is 31.0. The average molecular weight is 596 g/mol. The first-order chi connectivity index (χ1) is 19.9. The van der Waals surface area contributed by atoms with Gasteiger partial charge in [0.2, 0.25) is 0 Å². The molecule has 0 fully saturated rings. The van der Waals surface area contributed by atoms with E-state index in [4.69, 9.17) is 4.74 Å². The predicted molar refractivity (Wildman–Crippen MR) is 159 cm³/mol. The molecule has 4 rings (SSSR count). The quantitative estimate of drug-likeness (QED) is 0.322.